The summed E-state index contributed by atoms with van der Waals surface area (Å²) in [7, 11) is 3.23. The Morgan fingerprint density at radius 3 is 2.41 bits per heavy atom. The fraction of sp³-hybridized carbons (Fsp3) is 0.882. The summed E-state index contributed by atoms with van der Waals surface area (Å²) < 4.78 is 4.62. The lowest BCUT2D eigenvalue weighted by Crippen LogP contribution is -2.38. The van der Waals surface area contributed by atoms with E-state index < -0.39 is 0 Å². The molecule has 1 aliphatic rings. The van der Waals surface area contributed by atoms with Crippen LogP contribution in [0.4, 0.5) is 0 Å². The number of hydrogen-bond donors (Lipinski definition) is 2. The normalized spacial score (nSPS) is 16.4. The molecule has 0 saturated heterocycles. The molecule has 0 aromatic rings. The van der Waals surface area contributed by atoms with E-state index in [-0.39, 0.29) is 5.97 Å². The molecule has 5 heteroatoms. The standard InChI is InChI=1S/C17H33N3O2/c1-18-17(19-13-7-6-12-16(21)22-2)20-14-8-11-15-9-4-3-5-10-15/h15H,3-14H2,1-2H3,(H2,18,19,20). The van der Waals surface area contributed by atoms with E-state index in [1.54, 1.807) is 7.05 Å². The fourth-order valence-corrected chi connectivity index (χ4v) is 3.00. The third kappa shape index (κ3) is 8.90. The van der Waals surface area contributed by atoms with Crippen LogP contribution in [0.1, 0.15) is 64.2 Å². The highest BCUT2D eigenvalue weighted by atomic mass is 16.5. The van der Waals surface area contributed by atoms with Crippen molar-refractivity contribution in [3.63, 3.8) is 0 Å². The number of methoxy groups -OCH3 is 1. The van der Waals surface area contributed by atoms with Crippen molar-refractivity contribution in [1.29, 1.82) is 0 Å². The molecule has 0 radical (unpaired) electrons. The highest BCUT2D eigenvalue weighted by Gasteiger charge is 2.12. The van der Waals surface area contributed by atoms with E-state index in [0.717, 1.165) is 37.8 Å². The molecule has 1 fully saturated rings. The SMILES string of the molecule is CN=C(NCCCCC(=O)OC)NCCCC1CCCCC1. The van der Waals surface area contributed by atoms with E-state index in [1.165, 1.54) is 52.1 Å². The molecule has 0 unspecified atom stereocenters. The molecule has 22 heavy (non-hydrogen) atoms. The van der Waals surface area contributed by atoms with Gasteiger partial charge in [0.05, 0.1) is 7.11 Å². The first kappa shape index (κ1) is 18.8. The lowest BCUT2D eigenvalue weighted by molar-refractivity contribution is -0.140. The summed E-state index contributed by atoms with van der Waals surface area (Å²) in [5, 5.41) is 6.65. The van der Waals surface area contributed by atoms with Gasteiger partial charge >= 0.3 is 5.97 Å². The van der Waals surface area contributed by atoms with Gasteiger partial charge in [-0.15, -0.1) is 0 Å². The predicted octanol–water partition coefficient (Wildman–Crippen LogP) is 2.86. The Hall–Kier alpha value is -1.26. The second kappa shape index (κ2) is 12.3. The summed E-state index contributed by atoms with van der Waals surface area (Å²) in [6.45, 7) is 1.82. The summed E-state index contributed by atoms with van der Waals surface area (Å²) >= 11 is 0. The van der Waals surface area contributed by atoms with Crippen LogP contribution < -0.4 is 10.6 Å². The van der Waals surface area contributed by atoms with Crippen molar-refractivity contribution < 1.29 is 9.53 Å². The molecule has 0 spiro atoms. The Morgan fingerprint density at radius 1 is 1.09 bits per heavy atom. The lowest BCUT2D eigenvalue weighted by Gasteiger charge is -2.21. The largest absolute Gasteiger partial charge is 0.469 e. The number of guanidine groups is 1. The van der Waals surface area contributed by atoms with E-state index in [2.05, 4.69) is 20.4 Å². The minimum atomic E-state index is -0.134. The second-order valence-electron chi connectivity index (χ2n) is 6.11. The number of carbonyl (C=O) groups excluding carboxylic acids is 1. The van der Waals surface area contributed by atoms with Crippen LogP contribution >= 0.6 is 0 Å². The van der Waals surface area contributed by atoms with Gasteiger partial charge in [-0.2, -0.15) is 0 Å². The van der Waals surface area contributed by atoms with Crippen LogP contribution in [0, 0.1) is 5.92 Å². The summed E-state index contributed by atoms with van der Waals surface area (Å²) in [6.07, 6.45) is 12.0. The molecular formula is C17H33N3O2. The Morgan fingerprint density at radius 2 is 1.77 bits per heavy atom. The third-order valence-corrected chi connectivity index (χ3v) is 4.36. The molecular weight excluding hydrogens is 278 g/mol. The molecule has 128 valence electrons. The summed E-state index contributed by atoms with van der Waals surface area (Å²) in [6, 6.07) is 0. The van der Waals surface area contributed by atoms with Crippen molar-refractivity contribution in [2.75, 3.05) is 27.2 Å². The van der Waals surface area contributed by atoms with Crippen LogP contribution in [0.15, 0.2) is 4.99 Å². The average Bonchev–Trinajstić information content (AvgIpc) is 2.57. The van der Waals surface area contributed by atoms with Gasteiger partial charge < -0.3 is 15.4 Å². The zero-order valence-corrected chi connectivity index (χ0v) is 14.3. The topological polar surface area (TPSA) is 62.7 Å². The van der Waals surface area contributed by atoms with Crippen molar-refractivity contribution in [1.82, 2.24) is 10.6 Å². The minimum Gasteiger partial charge on any atom is -0.469 e. The van der Waals surface area contributed by atoms with Crippen LogP contribution in [-0.2, 0) is 9.53 Å². The maximum Gasteiger partial charge on any atom is 0.305 e. The van der Waals surface area contributed by atoms with Crippen molar-refractivity contribution in [3.8, 4) is 0 Å². The van der Waals surface area contributed by atoms with E-state index >= 15 is 0 Å². The number of esters is 1. The molecule has 0 amide bonds. The number of hydrogen-bond acceptors (Lipinski definition) is 3. The summed E-state index contributed by atoms with van der Waals surface area (Å²) in [4.78, 5) is 15.2. The molecule has 1 rings (SSSR count). The van der Waals surface area contributed by atoms with Crippen molar-refractivity contribution in [2.24, 2.45) is 10.9 Å². The van der Waals surface area contributed by atoms with Gasteiger partial charge in [0, 0.05) is 26.6 Å². The zero-order valence-electron chi connectivity index (χ0n) is 14.3. The fourth-order valence-electron chi connectivity index (χ4n) is 3.00. The number of nitrogens with one attached hydrogen (secondary N) is 2. The molecule has 0 aromatic carbocycles. The first-order chi connectivity index (χ1) is 10.8. The van der Waals surface area contributed by atoms with Gasteiger partial charge in [-0.25, -0.2) is 0 Å². The first-order valence-corrected chi connectivity index (χ1v) is 8.77. The van der Waals surface area contributed by atoms with E-state index in [4.69, 9.17) is 0 Å². The molecule has 2 N–H and O–H groups in total. The highest BCUT2D eigenvalue weighted by molar-refractivity contribution is 5.79. The number of rotatable bonds is 9. The Kier molecular flexibility index (Phi) is 10.5. The Bertz CT molecular complexity index is 326. The zero-order chi connectivity index (χ0) is 16.0. The summed E-state index contributed by atoms with van der Waals surface area (Å²) in [5.41, 5.74) is 0. The second-order valence-corrected chi connectivity index (χ2v) is 6.11. The maximum absolute atomic E-state index is 11.0. The quantitative estimate of drug-likeness (QED) is 0.297. The minimum absolute atomic E-state index is 0.134. The average molecular weight is 311 g/mol. The van der Waals surface area contributed by atoms with Crippen molar-refractivity contribution in [3.05, 3.63) is 0 Å². The number of unbranched alkanes of at least 4 members (excludes halogenated alkanes) is 1. The van der Waals surface area contributed by atoms with Crippen LogP contribution in [-0.4, -0.2) is 39.2 Å². The summed E-state index contributed by atoms with van der Waals surface area (Å²) in [5.74, 6) is 1.68. The highest BCUT2D eigenvalue weighted by Crippen LogP contribution is 2.26. The van der Waals surface area contributed by atoms with Crippen LogP contribution in [0.25, 0.3) is 0 Å². The molecule has 1 aliphatic carbocycles. The van der Waals surface area contributed by atoms with Crippen LogP contribution in [0.2, 0.25) is 0 Å². The van der Waals surface area contributed by atoms with Crippen LogP contribution in [0.5, 0.6) is 0 Å². The van der Waals surface area contributed by atoms with Gasteiger partial charge in [-0.05, 0) is 31.6 Å². The maximum atomic E-state index is 11.0. The van der Waals surface area contributed by atoms with Crippen LogP contribution in [0.3, 0.4) is 0 Å². The van der Waals surface area contributed by atoms with E-state index in [1.807, 2.05) is 0 Å². The molecule has 0 atom stereocenters. The van der Waals surface area contributed by atoms with Gasteiger partial charge in [-0.3, -0.25) is 9.79 Å². The molecule has 1 saturated carbocycles. The Balaban J connectivity index is 1.98. The predicted molar refractivity (Wildman–Crippen MR) is 91.0 cm³/mol. The number of ether oxygens (including phenoxy) is 1. The van der Waals surface area contributed by atoms with Gasteiger partial charge in [0.2, 0.25) is 0 Å². The first-order valence-electron chi connectivity index (χ1n) is 8.77. The van der Waals surface area contributed by atoms with Gasteiger partial charge in [0.25, 0.3) is 0 Å². The molecule has 0 bridgehead atoms. The van der Waals surface area contributed by atoms with Gasteiger partial charge in [0.15, 0.2) is 5.96 Å². The monoisotopic (exact) mass is 311 g/mol. The molecule has 0 heterocycles. The van der Waals surface area contributed by atoms with E-state index in [9.17, 15) is 4.79 Å². The van der Waals surface area contributed by atoms with Crippen molar-refractivity contribution >= 4 is 11.9 Å². The number of aliphatic imine (C=N–C) groups is 1. The van der Waals surface area contributed by atoms with Gasteiger partial charge in [0.1, 0.15) is 0 Å². The molecule has 5 nitrogen and oxygen atoms in total. The van der Waals surface area contributed by atoms with Crippen molar-refractivity contribution in [2.45, 2.75) is 64.2 Å². The third-order valence-electron chi connectivity index (χ3n) is 4.36. The molecule has 0 aromatic heterocycles. The lowest BCUT2D eigenvalue weighted by atomic mass is 9.86. The van der Waals surface area contributed by atoms with Gasteiger partial charge in [-0.1, -0.05) is 32.1 Å². The van der Waals surface area contributed by atoms with E-state index in [0.29, 0.717) is 6.42 Å². The smallest absolute Gasteiger partial charge is 0.305 e. The Labute approximate surface area is 135 Å². The number of carbonyl (C=O) groups is 1. The molecule has 0 aliphatic heterocycles. The number of nitrogens with zero attached hydrogens (tertiary/aromatic N) is 1.